The van der Waals surface area contributed by atoms with Crippen LogP contribution < -0.4 is 9.62 Å². The molecular weight excluding hydrogens is 310 g/mol. The SMILES string of the molecule is CCc1ccccc1N(C(C)NC(=N)Cl)S(=O)(=O)C(C)C. The van der Waals surface area contributed by atoms with Crippen molar-refractivity contribution in [1.82, 2.24) is 5.32 Å². The minimum absolute atomic E-state index is 0.291. The molecule has 0 bridgehead atoms. The molecule has 1 unspecified atom stereocenters. The van der Waals surface area contributed by atoms with Gasteiger partial charge in [0.05, 0.1) is 10.9 Å². The van der Waals surface area contributed by atoms with Crippen LogP contribution in [0.4, 0.5) is 5.69 Å². The van der Waals surface area contributed by atoms with Crippen LogP contribution in [0.5, 0.6) is 0 Å². The summed E-state index contributed by atoms with van der Waals surface area (Å²) in [5, 5.41) is 9.11. The van der Waals surface area contributed by atoms with Crippen molar-refractivity contribution in [1.29, 1.82) is 5.41 Å². The summed E-state index contributed by atoms with van der Waals surface area (Å²) in [5.74, 6) is 0. The van der Waals surface area contributed by atoms with E-state index >= 15 is 0 Å². The number of hydrogen-bond donors (Lipinski definition) is 2. The van der Waals surface area contributed by atoms with Crippen LogP contribution in [0.1, 0.15) is 33.3 Å². The number of nitrogens with zero attached hydrogens (tertiary/aromatic N) is 1. The first-order valence-electron chi connectivity index (χ1n) is 6.83. The van der Waals surface area contributed by atoms with Gasteiger partial charge in [0.25, 0.3) is 0 Å². The summed E-state index contributed by atoms with van der Waals surface area (Å²) in [4.78, 5) is 0. The topological polar surface area (TPSA) is 73.3 Å². The number of hydrogen-bond acceptors (Lipinski definition) is 3. The van der Waals surface area contributed by atoms with Crippen LogP contribution in [0.2, 0.25) is 0 Å². The highest BCUT2D eigenvalue weighted by Gasteiger charge is 2.31. The van der Waals surface area contributed by atoms with Crippen molar-refractivity contribution in [3.05, 3.63) is 29.8 Å². The molecule has 0 aromatic heterocycles. The Bertz CT molecular complexity index is 602. The minimum atomic E-state index is -3.55. The number of para-hydroxylation sites is 1. The van der Waals surface area contributed by atoms with Gasteiger partial charge in [0.1, 0.15) is 6.17 Å². The van der Waals surface area contributed by atoms with Gasteiger partial charge in [0, 0.05) is 0 Å². The smallest absolute Gasteiger partial charge is 0.239 e. The molecule has 2 N–H and O–H groups in total. The second kappa shape index (κ2) is 7.13. The Balaban J connectivity index is 3.42. The zero-order valence-corrected chi connectivity index (χ0v) is 14.3. The fourth-order valence-electron chi connectivity index (χ4n) is 2.06. The van der Waals surface area contributed by atoms with Crippen LogP contribution in [-0.2, 0) is 16.4 Å². The zero-order valence-electron chi connectivity index (χ0n) is 12.7. The summed E-state index contributed by atoms with van der Waals surface area (Å²) >= 11 is 5.56. The average molecular weight is 332 g/mol. The summed E-state index contributed by atoms with van der Waals surface area (Å²) in [7, 11) is -3.55. The Morgan fingerprint density at radius 3 is 2.38 bits per heavy atom. The Morgan fingerprint density at radius 1 is 1.33 bits per heavy atom. The number of anilines is 1. The van der Waals surface area contributed by atoms with Crippen molar-refractivity contribution < 1.29 is 8.42 Å². The summed E-state index contributed by atoms with van der Waals surface area (Å²) in [6.07, 6.45) is 0.0702. The van der Waals surface area contributed by atoms with Gasteiger partial charge in [0.15, 0.2) is 5.29 Å². The molecule has 0 saturated heterocycles. The molecule has 1 atom stereocenters. The monoisotopic (exact) mass is 331 g/mol. The van der Waals surface area contributed by atoms with Crippen molar-refractivity contribution in [3.8, 4) is 0 Å². The van der Waals surface area contributed by atoms with E-state index in [0.717, 1.165) is 5.56 Å². The maximum atomic E-state index is 12.7. The number of sulfonamides is 1. The first kappa shape index (κ1) is 17.8. The van der Waals surface area contributed by atoms with Gasteiger partial charge in [-0.2, -0.15) is 0 Å². The fourth-order valence-corrected chi connectivity index (χ4v) is 3.62. The molecule has 0 aliphatic carbocycles. The lowest BCUT2D eigenvalue weighted by atomic mass is 10.1. The predicted octanol–water partition coefficient (Wildman–Crippen LogP) is 2.90. The van der Waals surface area contributed by atoms with Gasteiger partial charge in [0.2, 0.25) is 10.0 Å². The number of amidine groups is 1. The van der Waals surface area contributed by atoms with Gasteiger partial charge in [-0.25, -0.2) is 12.7 Å². The second-order valence-corrected chi connectivity index (χ2v) is 7.75. The molecule has 0 spiro atoms. The molecule has 0 aliphatic heterocycles. The average Bonchev–Trinajstić information content (AvgIpc) is 2.38. The van der Waals surface area contributed by atoms with Gasteiger partial charge in [-0.05, 0) is 50.4 Å². The van der Waals surface area contributed by atoms with Crippen LogP contribution in [0, 0.1) is 5.41 Å². The molecule has 1 aromatic carbocycles. The molecule has 1 aromatic rings. The van der Waals surface area contributed by atoms with E-state index in [1.165, 1.54) is 4.31 Å². The number of aryl methyl sites for hydroxylation is 1. The van der Waals surface area contributed by atoms with Gasteiger partial charge in [-0.3, -0.25) is 5.41 Å². The largest absolute Gasteiger partial charge is 0.340 e. The molecule has 0 amide bonds. The molecular formula is C14H22ClN3O2S. The van der Waals surface area contributed by atoms with Crippen LogP contribution in [0.25, 0.3) is 0 Å². The molecule has 118 valence electrons. The van der Waals surface area contributed by atoms with Crippen LogP contribution in [0.3, 0.4) is 0 Å². The first-order valence-corrected chi connectivity index (χ1v) is 8.71. The molecule has 0 aliphatic rings. The highest BCUT2D eigenvalue weighted by Crippen LogP contribution is 2.27. The number of nitrogens with one attached hydrogen (secondary N) is 2. The highest BCUT2D eigenvalue weighted by molar-refractivity contribution is 7.93. The fraction of sp³-hybridized carbons (Fsp3) is 0.500. The number of halogens is 1. The third-order valence-corrected chi connectivity index (χ3v) is 5.53. The third-order valence-electron chi connectivity index (χ3n) is 3.17. The lowest BCUT2D eigenvalue weighted by molar-refractivity contribution is 0.566. The molecule has 0 fully saturated rings. The van der Waals surface area contributed by atoms with Gasteiger partial charge in [-0.15, -0.1) is 0 Å². The second-order valence-electron chi connectivity index (χ2n) is 5.01. The molecule has 7 heteroatoms. The van der Waals surface area contributed by atoms with Crippen molar-refractivity contribution in [2.75, 3.05) is 4.31 Å². The normalized spacial score (nSPS) is 13.0. The van der Waals surface area contributed by atoms with E-state index in [1.54, 1.807) is 32.9 Å². The Hall–Kier alpha value is -1.27. The lowest BCUT2D eigenvalue weighted by Crippen LogP contribution is -2.50. The molecule has 0 saturated carbocycles. The quantitative estimate of drug-likeness (QED) is 0.364. The first-order chi connectivity index (χ1) is 9.71. The van der Waals surface area contributed by atoms with Crippen molar-refractivity contribution in [2.45, 2.75) is 45.5 Å². The number of rotatable bonds is 6. The van der Waals surface area contributed by atoms with Gasteiger partial charge >= 0.3 is 0 Å². The third kappa shape index (κ3) is 4.11. The van der Waals surface area contributed by atoms with E-state index in [-0.39, 0.29) is 5.29 Å². The molecule has 0 radical (unpaired) electrons. The van der Waals surface area contributed by atoms with Crippen molar-refractivity contribution in [3.63, 3.8) is 0 Å². The maximum absolute atomic E-state index is 12.7. The molecule has 21 heavy (non-hydrogen) atoms. The van der Waals surface area contributed by atoms with Crippen LogP contribution in [-0.4, -0.2) is 25.1 Å². The highest BCUT2D eigenvalue weighted by atomic mass is 35.5. The van der Waals surface area contributed by atoms with E-state index in [4.69, 9.17) is 17.0 Å². The van der Waals surface area contributed by atoms with Crippen LogP contribution in [0.15, 0.2) is 24.3 Å². The van der Waals surface area contributed by atoms with E-state index in [2.05, 4.69) is 5.32 Å². The minimum Gasteiger partial charge on any atom is -0.340 e. The summed E-state index contributed by atoms with van der Waals surface area (Å²) in [6, 6.07) is 7.35. The van der Waals surface area contributed by atoms with E-state index in [9.17, 15) is 8.42 Å². The Kier molecular flexibility index (Phi) is 6.04. The molecule has 5 nitrogen and oxygen atoms in total. The molecule has 1 rings (SSSR count). The van der Waals surface area contributed by atoms with Crippen LogP contribution >= 0.6 is 11.6 Å². The number of benzene rings is 1. The van der Waals surface area contributed by atoms with Crippen molar-refractivity contribution >= 4 is 32.6 Å². The Morgan fingerprint density at radius 2 is 1.90 bits per heavy atom. The predicted molar refractivity (Wildman–Crippen MR) is 88.5 cm³/mol. The lowest BCUT2D eigenvalue weighted by Gasteiger charge is -2.33. The summed E-state index contributed by atoms with van der Waals surface area (Å²) in [6.45, 7) is 6.91. The van der Waals surface area contributed by atoms with Crippen molar-refractivity contribution in [2.24, 2.45) is 0 Å². The molecule has 0 heterocycles. The van der Waals surface area contributed by atoms with Gasteiger partial charge < -0.3 is 5.32 Å². The zero-order chi connectivity index (χ0) is 16.2. The summed E-state index contributed by atoms with van der Waals surface area (Å²) < 4.78 is 26.7. The maximum Gasteiger partial charge on any atom is 0.239 e. The summed E-state index contributed by atoms with van der Waals surface area (Å²) in [5.41, 5.74) is 1.54. The Labute approximate surface area is 131 Å². The standard InChI is InChI=1S/C14H22ClN3O2S/c1-5-12-8-6-7-9-13(12)18(11(4)17-14(15)16)21(19,20)10(2)3/h6-11H,5H2,1-4H3,(H2,16,17). The van der Waals surface area contributed by atoms with E-state index in [1.807, 2.05) is 19.1 Å². The van der Waals surface area contributed by atoms with E-state index in [0.29, 0.717) is 12.1 Å². The van der Waals surface area contributed by atoms with Gasteiger partial charge in [-0.1, -0.05) is 25.1 Å². The van der Waals surface area contributed by atoms with E-state index < -0.39 is 21.4 Å².